The Morgan fingerprint density at radius 3 is 2.39 bits per heavy atom. The first-order chi connectivity index (χ1) is 8.81. The SMILES string of the molecule is CNCc1ccccc1COc1ccccc1Cl. The van der Waals surface area contributed by atoms with Crippen molar-refractivity contribution in [2.24, 2.45) is 0 Å². The summed E-state index contributed by atoms with van der Waals surface area (Å²) in [6, 6.07) is 15.7. The van der Waals surface area contributed by atoms with Gasteiger partial charge in [0.1, 0.15) is 12.4 Å². The average Bonchev–Trinajstić information content (AvgIpc) is 2.40. The average molecular weight is 262 g/mol. The molecule has 0 saturated carbocycles. The second kappa shape index (κ2) is 6.43. The van der Waals surface area contributed by atoms with Crippen LogP contribution in [0.3, 0.4) is 0 Å². The summed E-state index contributed by atoms with van der Waals surface area (Å²) in [5.41, 5.74) is 2.42. The van der Waals surface area contributed by atoms with Crippen molar-refractivity contribution in [3.05, 3.63) is 64.7 Å². The first kappa shape index (κ1) is 12.9. The minimum atomic E-state index is 0.529. The lowest BCUT2D eigenvalue weighted by Crippen LogP contribution is -2.09. The molecule has 18 heavy (non-hydrogen) atoms. The van der Waals surface area contributed by atoms with E-state index >= 15 is 0 Å². The van der Waals surface area contributed by atoms with E-state index in [4.69, 9.17) is 16.3 Å². The van der Waals surface area contributed by atoms with Crippen molar-refractivity contribution >= 4 is 11.6 Å². The predicted octanol–water partition coefficient (Wildman–Crippen LogP) is 3.64. The predicted molar refractivity (Wildman–Crippen MR) is 75.0 cm³/mol. The molecule has 94 valence electrons. The van der Waals surface area contributed by atoms with Gasteiger partial charge >= 0.3 is 0 Å². The highest BCUT2D eigenvalue weighted by Crippen LogP contribution is 2.24. The largest absolute Gasteiger partial charge is 0.487 e. The van der Waals surface area contributed by atoms with E-state index in [2.05, 4.69) is 17.4 Å². The van der Waals surface area contributed by atoms with Crippen molar-refractivity contribution in [3.63, 3.8) is 0 Å². The van der Waals surface area contributed by atoms with Crippen LogP contribution in [0.15, 0.2) is 48.5 Å². The first-order valence-corrected chi connectivity index (χ1v) is 6.28. The third-order valence-electron chi connectivity index (χ3n) is 2.71. The van der Waals surface area contributed by atoms with Crippen LogP contribution in [0.1, 0.15) is 11.1 Å². The van der Waals surface area contributed by atoms with E-state index in [-0.39, 0.29) is 0 Å². The van der Waals surface area contributed by atoms with Gasteiger partial charge in [-0.15, -0.1) is 0 Å². The molecule has 2 aromatic carbocycles. The minimum absolute atomic E-state index is 0.529. The second-order valence-electron chi connectivity index (χ2n) is 4.02. The summed E-state index contributed by atoms with van der Waals surface area (Å²) >= 11 is 6.05. The van der Waals surface area contributed by atoms with E-state index in [0.29, 0.717) is 11.6 Å². The summed E-state index contributed by atoms with van der Waals surface area (Å²) in [4.78, 5) is 0. The zero-order valence-corrected chi connectivity index (χ0v) is 11.1. The molecular weight excluding hydrogens is 246 g/mol. The van der Waals surface area contributed by atoms with E-state index in [0.717, 1.165) is 12.3 Å². The zero-order chi connectivity index (χ0) is 12.8. The smallest absolute Gasteiger partial charge is 0.138 e. The van der Waals surface area contributed by atoms with Gasteiger partial charge in [-0.25, -0.2) is 0 Å². The van der Waals surface area contributed by atoms with Crippen LogP contribution in [0.25, 0.3) is 0 Å². The number of ether oxygens (including phenoxy) is 1. The summed E-state index contributed by atoms with van der Waals surface area (Å²) in [6.45, 7) is 1.36. The highest BCUT2D eigenvalue weighted by Gasteiger charge is 2.04. The Bertz CT molecular complexity index is 513. The second-order valence-corrected chi connectivity index (χ2v) is 4.43. The monoisotopic (exact) mass is 261 g/mol. The van der Waals surface area contributed by atoms with Crippen LogP contribution >= 0.6 is 11.6 Å². The molecule has 0 radical (unpaired) electrons. The van der Waals surface area contributed by atoms with Gasteiger partial charge < -0.3 is 10.1 Å². The first-order valence-electron chi connectivity index (χ1n) is 5.90. The van der Waals surface area contributed by atoms with E-state index in [1.54, 1.807) is 0 Å². The third kappa shape index (κ3) is 3.25. The molecule has 0 spiro atoms. The number of para-hydroxylation sites is 1. The fraction of sp³-hybridized carbons (Fsp3) is 0.200. The number of halogens is 1. The molecule has 0 saturated heterocycles. The molecule has 0 unspecified atom stereocenters. The van der Waals surface area contributed by atoms with Crippen LogP contribution in [-0.2, 0) is 13.2 Å². The molecule has 0 bridgehead atoms. The standard InChI is InChI=1S/C15H16ClNO/c1-17-10-12-6-2-3-7-13(12)11-18-15-9-5-4-8-14(15)16/h2-9,17H,10-11H2,1H3. The molecule has 1 N–H and O–H groups in total. The lowest BCUT2D eigenvalue weighted by Gasteiger charge is -2.11. The van der Waals surface area contributed by atoms with Gasteiger partial charge in [-0.05, 0) is 30.3 Å². The molecule has 0 atom stereocenters. The van der Waals surface area contributed by atoms with Crippen molar-refractivity contribution in [1.82, 2.24) is 5.32 Å². The summed E-state index contributed by atoms with van der Waals surface area (Å²) < 4.78 is 5.75. The van der Waals surface area contributed by atoms with Gasteiger partial charge in [0.15, 0.2) is 0 Å². The van der Waals surface area contributed by atoms with Gasteiger partial charge in [0, 0.05) is 6.54 Å². The van der Waals surface area contributed by atoms with E-state index in [1.807, 2.05) is 43.4 Å². The summed E-state index contributed by atoms with van der Waals surface area (Å²) in [5, 5.41) is 3.79. The number of rotatable bonds is 5. The quantitative estimate of drug-likeness (QED) is 0.887. The molecule has 3 heteroatoms. The molecular formula is C15H16ClNO. The Labute approximate surface area is 113 Å². The molecule has 2 aromatic rings. The van der Waals surface area contributed by atoms with E-state index in [1.165, 1.54) is 11.1 Å². The molecule has 0 aliphatic carbocycles. The maximum atomic E-state index is 6.05. The van der Waals surface area contributed by atoms with Crippen LogP contribution in [-0.4, -0.2) is 7.05 Å². The molecule has 0 aliphatic heterocycles. The normalized spacial score (nSPS) is 10.3. The Morgan fingerprint density at radius 2 is 1.67 bits per heavy atom. The topological polar surface area (TPSA) is 21.3 Å². The molecule has 2 nitrogen and oxygen atoms in total. The maximum absolute atomic E-state index is 6.05. The van der Waals surface area contributed by atoms with Crippen molar-refractivity contribution in [1.29, 1.82) is 0 Å². The van der Waals surface area contributed by atoms with Crippen molar-refractivity contribution < 1.29 is 4.74 Å². The number of benzene rings is 2. The van der Waals surface area contributed by atoms with Gasteiger partial charge in [0.05, 0.1) is 5.02 Å². The highest BCUT2D eigenvalue weighted by atomic mass is 35.5. The fourth-order valence-corrected chi connectivity index (χ4v) is 1.97. The van der Waals surface area contributed by atoms with Crippen LogP contribution in [0, 0.1) is 0 Å². The highest BCUT2D eigenvalue weighted by molar-refractivity contribution is 6.32. The molecule has 0 fully saturated rings. The van der Waals surface area contributed by atoms with Gasteiger partial charge in [0.25, 0.3) is 0 Å². The number of hydrogen-bond donors (Lipinski definition) is 1. The lowest BCUT2D eigenvalue weighted by molar-refractivity contribution is 0.305. The van der Waals surface area contributed by atoms with Crippen LogP contribution in [0.4, 0.5) is 0 Å². The zero-order valence-electron chi connectivity index (χ0n) is 10.3. The third-order valence-corrected chi connectivity index (χ3v) is 3.02. The van der Waals surface area contributed by atoms with Gasteiger partial charge in [-0.2, -0.15) is 0 Å². The van der Waals surface area contributed by atoms with Gasteiger partial charge in [0.2, 0.25) is 0 Å². The molecule has 0 aromatic heterocycles. The summed E-state index contributed by atoms with van der Waals surface area (Å²) in [6.07, 6.45) is 0. The number of nitrogens with one attached hydrogen (secondary N) is 1. The van der Waals surface area contributed by atoms with Crippen LogP contribution in [0.2, 0.25) is 5.02 Å². The molecule has 0 amide bonds. The fourth-order valence-electron chi connectivity index (χ4n) is 1.78. The Hall–Kier alpha value is -1.51. The minimum Gasteiger partial charge on any atom is -0.487 e. The number of hydrogen-bond acceptors (Lipinski definition) is 2. The molecule has 0 aliphatic rings. The Morgan fingerprint density at radius 1 is 1.00 bits per heavy atom. The van der Waals surface area contributed by atoms with E-state index in [9.17, 15) is 0 Å². The summed E-state index contributed by atoms with van der Waals surface area (Å²) in [5.74, 6) is 0.721. The van der Waals surface area contributed by atoms with Crippen LogP contribution in [0.5, 0.6) is 5.75 Å². The summed E-state index contributed by atoms with van der Waals surface area (Å²) in [7, 11) is 1.94. The molecule has 0 heterocycles. The van der Waals surface area contributed by atoms with Gasteiger partial charge in [-0.1, -0.05) is 48.0 Å². The molecule has 2 rings (SSSR count). The Kier molecular flexibility index (Phi) is 4.62. The van der Waals surface area contributed by atoms with Gasteiger partial charge in [-0.3, -0.25) is 0 Å². The van der Waals surface area contributed by atoms with Crippen molar-refractivity contribution in [2.75, 3.05) is 7.05 Å². The van der Waals surface area contributed by atoms with Crippen molar-refractivity contribution in [2.45, 2.75) is 13.2 Å². The Balaban J connectivity index is 2.08. The van der Waals surface area contributed by atoms with Crippen molar-refractivity contribution in [3.8, 4) is 5.75 Å². The lowest BCUT2D eigenvalue weighted by atomic mass is 10.1. The van der Waals surface area contributed by atoms with E-state index < -0.39 is 0 Å². The maximum Gasteiger partial charge on any atom is 0.138 e. The van der Waals surface area contributed by atoms with Crippen LogP contribution < -0.4 is 10.1 Å².